The van der Waals surface area contributed by atoms with Crippen LogP contribution in [-0.2, 0) is 4.74 Å². The minimum absolute atomic E-state index is 0.0453. The Morgan fingerprint density at radius 1 is 1.48 bits per heavy atom. The number of fused-ring (bicyclic) bond motifs is 2. The maximum absolute atomic E-state index is 14.0. The molecule has 0 bridgehead atoms. The van der Waals surface area contributed by atoms with E-state index in [-0.39, 0.29) is 10.8 Å². The molecule has 1 aliphatic heterocycles. The number of H-pyrrole nitrogens is 1. The normalized spacial score (nSPS) is 24.8. The summed E-state index contributed by atoms with van der Waals surface area (Å²) >= 11 is 5.91. The van der Waals surface area contributed by atoms with Crippen LogP contribution in [0.4, 0.5) is 10.2 Å². The summed E-state index contributed by atoms with van der Waals surface area (Å²) in [7, 11) is 0. The molecule has 2 aromatic rings. The summed E-state index contributed by atoms with van der Waals surface area (Å²) in [4.78, 5) is 23.9. The largest absolute Gasteiger partial charge is 0.379 e. The number of hydrogen-bond acceptors (Lipinski definition) is 5. The number of nitrogens with zero attached hydrogens (tertiary/aromatic N) is 3. The Morgan fingerprint density at radius 2 is 2.33 bits per heavy atom. The van der Waals surface area contributed by atoms with Gasteiger partial charge in [-0.05, 0) is 18.0 Å². The van der Waals surface area contributed by atoms with E-state index in [9.17, 15) is 9.18 Å². The summed E-state index contributed by atoms with van der Waals surface area (Å²) in [5.41, 5.74) is -0.858. The van der Waals surface area contributed by atoms with Crippen LogP contribution in [0.2, 0.25) is 5.28 Å². The smallest absolute Gasteiger partial charge is 0.286 e. The molecule has 2 fully saturated rings. The molecule has 1 saturated heterocycles. The van der Waals surface area contributed by atoms with Crippen LogP contribution in [0.5, 0.6) is 0 Å². The van der Waals surface area contributed by atoms with Gasteiger partial charge in [-0.25, -0.2) is 4.98 Å². The van der Waals surface area contributed by atoms with Gasteiger partial charge in [0, 0.05) is 24.7 Å². The fraction of sp³-hybridized carbons (Fsp3) is 0.462. The molecule has 6 nitrogen and oxygen atoms in total. The van der Waals surface area contributed by atoms with Crippen LogP contribution in [-0.4, -0.2) is 40.8 Å². The highest BCUT2D eigenvalue weighted by molar-refractivity contribution is 6.28. The van der Waals surface area contributed by atoms with Gasteiger partial charge in [0.2, 0.25) is 11.1 Å². The van der Waals surface area contributed by atoms with E-state index >= 15 is 0 Å². The van der Waals surface area contributed by atoms with Gasteiger partial charge in [0.1, 0.15) is 11.3 Å². The van der Waals surface area contributed by atoms with E-state index in [1.807, 2.05) is 0 Å². The molecule has 1 aliphatic carbocycles. The minimum atomic E-state index is -0.934. The monoisotopic (exact) mass is 310 g/mol. The maximum atomic E-state index is 14.0. The number of hydrogen-bond donors (Lipinski definition) is 1. The molecule has 2 atom stereocenters. The third-order valence-electron chi connectivity index (χ3n) is 4.02. The predicted octanol–water partition coefficient (Wildman–Crippen LogP) is 1.34. The lowest BCUT2D eigenvalue weighted by Crippen LogP contribution is -2.30. The van der Waals surface area contributed by atoms with Crippen molar-refractivity contribution in [2.24, 2.45) is 5.92 Å². The van der Waals surface area contributed by atoms with Crippen molar-refractivity contribution in [2.45, 2.75) is 12.5 Å². The van der Waals surface area contributed by atoms with Gasteiger partial charge in [-0.1, -0.05) is 0 Å². The van der Waals surface area contributed by atoms with Gasteiger partial charge in [-0.3, -0.25) is 4.79 Å². The Kier molecular flexibility index (Phi) is 2.87. The van der Waals surface area contributed by atoms with Crippen molar-refractivity contribution in [1.82, 2.24) is 15.0 Å². The van der Waals surface area contributed by atoms with Crippen LogP contribution < -0.4 is 10.5 Å². The van der Waals surface area contributed by atoms with E-state index < -0.39 is 11.4 Å². The van der Waals surface area contributed by atoms with Gasteiger partial charge in [0.05, 0.1) is 18.6 Å². The van der Waals surface area contributed by atoms with Crippen LogP contribution in [0.25, 0.3) is 10.9 Å². The number of aromatic nitrogens is 3. The molecule has 1 saturated carbocycles. The minimum Gasteiger partial charge on any atom is -0.379 e. The van der Waals surface area contributed by atoms with Crippen molar-refractivity contribution < 1.29 is 9.13 Å². The first-order chi connectivity index (χ1) is 10.1. The molecule has 2 aliphatic rings. The lowest BCUT2D eigenvalue weighted by Gasteiger charge is -2.23. The van der Waals surface area contributed by atoms with Gasteiger partial charge in [0.15, 0.2) is 0 Å². The molecule has 0 radical (unpaired) electrons. The van der Waals surface area contributed by atoms with Crippen LogP contribution in [0.3, 0.4) is 0 Å². The number of aromatic amines is 1. The molecule has 4 rings (SSSR count). The second-order valence-corrected chi connectivity index (χ2v) is 5.68. The number of nitrogens with one attached hydrogen (secondary N) is 1. The van der Waals surface area contributed by atoms with E-state index in [0.717, 1.165) is 13.0 Å². The lowest BCUT2D eigenvalue weighted by atomic mass is 10.2. The standard InChI is InChI=1S/C13H12ClFN4O2/c14-13-17-10-7(4-16-12(20)9(10)15)11(18-13)19-1-2-21-5-6-3-8(6)19/h4,6,8H,1-3,5H2,(H,16,20). The quantitative estimate of drug-likeness (QED) is 0.805. The van der Waals surface area contributed by atoms with Crippen LogP contribution in [0.15, 0.2) is 11.0 Å². The average Bonchev–Trinajstić information content (AvgIpc) is 3.22. The fourth-order valence-electron chi connectivity index (χ4n) is 2.88. The molecule has 0 aromatic carbocycles. The third-order valence-corrected chi connectivity index (χ3v) is 4.19. The molecule has 0 amide bonds. The van der Waals surface area contributed by atoms with E-state index in [0.29, 0.717) is 36.3 Å². The molecule has 2 aromatic heterocycles. The van der Waals surface area contributed by atoms with Gasteiger partial charge < -0.3 is 14.6 Å². The van der Waals surface area contributed by atoms with Gasteiger partial charge >= 0.3 is 0 Å². The summed E-state index contributed by atoms with van der Waals surface area (Å²) in [6.45, 7) is 1.98. The highest BCUT2D eigenvalue weighted by Gasteiger charge is 2.44. The first-order valence-electron chi connectivity index (χ1n) is 6.74. The molecule has 0 spiro atoms. The zero-order valence-corrected chi connectivity index (χ0v) is 11.7. The number of halogens is 2. The predicted molar refractivity (Wildman–Crippen MR) is 75.2 cm³/mol. The van der Waals surface area contributed by atoms with Crippen LogP contribution in [0.1, 0.15) is 6.42 Å². The molecule has 2 unspecified atom stereocenters. The van der Waals surface area contributed by atoms with Crippen molar-refractivity contribution in [3.05, 3.63) is 27.7 Å². The third kappa shape index (κ3) is 2.08. The zero-order valence-electron chi connectivity index (χ0n) is 11.0. The topological polar surface area (TPSA) is 71.1 Å². The molecule has 1 N–H and O–H groups in total. The summed E-state index contributed by atoms with van der Waals surface area (Å²) in [5, 5.41) is 0.397. The summed E-state index contributed by atoms with van der Waals surface area (Å²) in [6, 6.07) is 0.330. The SMILES string of the molecule is O=c1[nH]cc2c(N3CCOCC4CC43)nc(Cl)nc2c1F. The van der Waals surface area contributed by atoms with Gasteiger partial charge in [-0.2, -0.15) is 9.37 Å². The summed E-state index contributed by atoms with van der Waals surface area (Å²) in [5.74, 6) is 0.0958. The molecule has 3 heterocycles. The van der Waals surface area contributed by atoms with Crippen molar-refractivity contribution in [2.75, 3.05) is 24.7 Å². The molecule has 8 heteroatoms. The van der Waals surface area contributed by atoms with Crippen LogP contribution in [0, 0.1) is 11.7 Å². The fourth-order valence-corrected chi connectivity index (χ4v) is 3.04. The number of pyridine rings is 1. The van der Waals surface area contributed by atoms with Crippen molar-refractivity contribution >= 4 is 28.3 Å². The van der Waals surface area contributed by atoms with E-state index in [4.69, 9.17) is 16.3 Å². The molecular formula is C13H12ClFN4O2. The highest BCUT2D eigenvalue weighted by Crippen LogP contribution is 2.41. The van der Waals surface area contributed by atoms with Crippen molar-refractivity contribution in [3.63, 3.8) is 0 Å². The Bertz CT molecular complexity index is 781. The van der Waals surface area contributed by atoms with Crippen LogP contribution >= 0.6 is 11.6 Å². The van der Waals surface area contributed by atoms with E-state index in [1.54, 1.807) is 0 Å². The number of ether oxygens (including phenoxy) is 1. The Hall–Kier alpha value is -1.73. The zero-order chi connectivity index (χ0) is 14.6. The first-order valence-corrected chi connectivity index (χ1v) is 7.12. The summed E-state index contributed by atoms with van der Waals surface area (Å²) < 4.78 is 19.5. The van der Waals surface area contributed by atoms with Crippen molar-refractivity contribution in [3.8, 4) is 0 Å². The second kappa shape index (κ2) is 4.64. The van der Waals surface area contributed by atoms with Gasteiger partial charge in [-0.15, -0.1) is 0 Å². The maximum Gasteiger partial charge on any atom is 0.286 e. The molecule has 21 heavy (non-hydrogen) atoms. The molecule has 110 valence electrons. The Balaban J connectivity index is 1.92. The Labute approximate surface area is 123 Å². The van der Waals surface area contributed by atoms with E-state index in [2.05, 4.69) is 19.9 Å². The number of rotatable bonds is 1. The second-order valence-electron chi connectivity index (χ2n) is 5.34. The number of anilines is 1. The Morgan fingerprint density at radius 3 is 3.19 bits per heavy atom. The highest BCUT2D eigenvalue weighted by atomic mass is 35.5. The summed E-state index contributed by atoms with van der Waals surface area (Å²) in [6.07, 6.45) is 2.46. The van der Waals surface area contributed by atoms with Gasteiger partial charge in [0.25, 0.3) is 5.56 Å². The van der Waals surface area contributed by atoms with E-state index in [1.165, 1.54) is 6.20 Å². The lowest BCUT2D eigenvalue weighted by molar-refractivity contribution is 0.139. The average molecular weight is 311 g/mol. The first kappa shape index (κ1) is 13.0. The van der Waals surface area contributed by atoms with Crippen molar-refractivity contribution in [1.29, 1.82) is 0 Å². The molecular weight excluding hydrogens is 299 g/mol.